The first kappa shape index (κ1) is 16.7. The van der Waals surface area contributed by atoms with Gasteiger partial charge in [-0.1, -0.05) is 46.4 Å². The number of imide groups is 1. The van der Waals surface area contributed by atoms with Crippen molar-refractivity contribution in [3.05, 3.63) is 21.6 Å². The van der Waals surface area contributed by atoms with E-state index in [1.54, 1.807) is 5.38 Å². The van der Waals surface area contributed by atoms with Crippen molar-refractivity contribution < 1.29 is 9.59 Å². The van der Waals surface area contributed by atoms with Crippen LogP contribution in [0.1, 0.15) is 0 Å². The molecule has 1 saturated carbocycles. The number of nitrogens with zero attached hydrogens (tertiary/aromatic N) is 2. The smallest absolute Gasteiger partial charge is 0.241 e. The Morgan fingerprint density at radius 1 is 1.00 bits per heavy atom. The molecule has 2 fully saturated rings. The molecule has 11 heteroatoms. The monoisotopic (exact) mass is 450 g/mol. The second-order valence-corrected chi connectivity index (χ2v) is 9.56. The number of thiazole rings is 1. The Labute approximate surface area is 164 Å². The summed E-state index contributed by atoms with van der Waals surface area (Å²) >= 11 is 39.4. The normalized spacial score (nSPS) is 41.2. The van der Waals surface area contributed by atoms with Gasteiger partial charge in [-0.15, -0.1) is 34.5 Å². The van der Waals surface area contributed by atoms with Crippen LogP contribution in [-0.2, 0) is 9.59 Å². The molecule has 4 atom stereocenters. The summed E-state index contributed by atoms with van der Waals surface area (Å²) in [4.78, 5) is 27.1. The maximum Gasteiger partial charge on any atom is 0.241 e. The second kappa shape index (κ2) is 4.70. The maximum atomic E-state index is 12.9. The number of amides is 2. The van der Waals surface area contributed by atoms with Gasteiger partial charge in [0, 0.05) is 11.6 Å². The lowest BCUT2D eigenvalue weighted by Crippen LogP contribution is -2.50. The van der Waals surface area contributed by atoms with Crippen LogP contribution < -0.4 is 4.90 Å². The zero-order valence-corrected chi connectivity index (χ0v) is 16.0. The first-order chi connectivity index (χ1) is 10.6. The Bertz CT molecular complexity index is 749. The highest BCUT2D eigenvalue weighted by Crippen LogP contribution is 2.77. The van der Waals surface area contributed by atoms with Crippen LogP contribution in [-0.4, -0.2) is 30.9 Å². The summed E-state index contributed by atoms with van der Waals surface area (Å²) in [6.07, 6.45) is 1.47. The number of carbonyl (C=O) groups excluding carboxylic acids is 2. The van der Waals surface area contributed by atoms with Crippen LogP contribution >= 0.6 is 80.9 Å². The summed E-state index contributed by atoms with van der Waals surface area (Å²) in [6, 6.07) is 0. The molecule has 1 saturated heterocycles. The van der Waals surface area contributed by atoms with Crippen molar-refractivity contribution in [3.8, 4) is 0 Å². The van der Waals surface area contributed by atoms with Gasteiger partial charge in [0.05, 0.1) is 21.9 Å². The molecular formula is C12H4Cl6N2O2S. The first-order valence-electron chi connectivity index (χ1n) is 6.21. The molecule has 2 amide bonds. The molecule has 0 N–H and O–H groups in total. The first-order valence-corrected chi connectivity index (χ1v) is 9.35. The van der Waals surface area contributed by atoms with E-state index in [4.69, 9.17) is 69.6 Å². The van der Waals surface area contributed by atoms with Gasteiger partial charge in [0.25, 0.3) is 0 Å². The van der Waals surface area contributed by atoms with Gasteiger partial charge in [0.15, 0.2) is 9.46 Å². The topological polar surface area (TPSA) is 50.3 Å². The van der Waals surface area contributed by atoms with Crippen molar-refractivity contribution in [2.24, 2.45) is 11.8 Å². The van der Waals surface area contributed by atoms with E-state index in [0.717, 1.165) is 16.2 Å². The summed E-state index contributed by atoms with van der Waals surface area (Å²) in [5.41, 5.74) is 0. The summed E-state index contributed by atoms with van der Waals surface area (Å²) in [5.74, 6) is -3.44. The number of halogens is 6. The minimum absolute atomic E-state index is 0.107. The third kappa shape index (κ3) is 1.53. The lowest BCUT2D eigenvalue weighted by atomic mass is 9.84. The lowest BCUT2D eigenvalue weighted by Gasteiger charge is -2.34. The second-order valence-electron chi connectivity index (χ2n) is 5.41. The Balaban J connectivity index is 1.95. The van der Waals surface area contributed by atoms with Gasteiger partial charge < -0.3 is 0 Å². The zero-order valence-electron chi connectivity index (χ0n) is 10.7. The molecule has 0 radical (unpaired) electrons. The standard InChI is InChI=1S/C12H4Cl6N2O2S/c13-5-6(14)11(16)4-3(10(5,15)12(11,17)18)7(21)20(8(4)22)9-19-1-2-23-9/h1-4H. The molecule has 1 aliphatic heterocycles. The van der Waals surface area contributed by atoms with Crippen molar-refractivity contribution in [1.29, 1.82) is 0 Å². The highest BCUT2D eigenvalue weighted by Gasteiger charge is 2.87. The zero-order chi connectivity index (χ0) is 16.9. The minimum Gasteiger partial charge on any atom is -0.274 e. The summed E-state index contributed by atoms with van der Waals surface area (Å²) < 4.78 is -1.91. The SMILES string of the molecule is O=C1C2C(C(=O)N1c1nccs1)C1(Cl)C(Cl)=C(Cl)C2(Cl)C1(Cl)Cl. The van der Waals surface area contributed by atoms with Crippen LogP contribution in [0.25, 0.3) is 0 Å². The highest BCUT2D eigenvalue weighted by atomic mass is 35.5. The Morgan fingerprint density at radius 2 is 1.48 bits per heavy atom. The van der Waals surface area contributed by atoms with Crippen molar-refractivity contribution in [2.75, 3.05) is 4.90 Å². The molecule has 3 aliphatic rings. The number of aromatic nitrogens is 1. The van der Waals surface area contributed by atoms with Crippen LogP contribution in [0.4, 0.5) is 5.13 Å². The van der Waals surface area contributed by atoms with Crippen LogP contribution in [0, 0.1) is 11.8 Å². The molecule has 2 aliphatic carbocycles. The van der Waals surface area contributed by atoms with E-state index in [2.05, 4.69) is 4.98 Å². The van der Waals surface area contributed by atoms with Gasteiger partial charge in [-0.2, -0.15) is 0 Å². The van der Waals surface area contributed by atoms with E-state index >= 15 is 0 Å². The van der Waals surface area contributed by atoms with Gasteiger partial charge in [-0.05, 0) is 0 Å². The molecule has 23 heavy (non-hydrogen) atoms. The maximum absolute atomic E-state index is 12.9. The van der Waals surface area contributed by atoms with Gasteiger partial charge >= 0.3 is 0 Å². The minimum atomic E-state index is -1.91. The van der Waals surface area contributed by atoms with Gasteiger partial charge in [0.1, 0.15) is 9.75 Å². The molecule has 0 spiro atoms. The predicted octanol–water partition coefficient (Wildman–Crippen LogP) is 4.09. The largest absolute Gasteiger partial charge is 0.274 e. The number of alkyl halides is 4. The number of anilines is 1. The fourth-order valence-electron chi connectivity index (χ4n) is 3.51. The molecule has 4 nitrogen and oxygen atoms in total. The molecule has 4 rings (SSSR count). The van der Waals surface area contributed by atoms with Crippen molar-refractivity contribution in [3.63, 3.8) is 0 Å². The van der Waals surface area contributed by atoms with Crippen LogP contribution in [0.15, 0.2) is 21.6 Å². The Morgan fingerprint density at radius 3 is 1.87 bits per heavy atom. The fraction of sp³-hybridized carbons (Fsp3) is 0.417. The van der Waals surface area contributed by atoms with Crippen LogP contribution in [0.5, 0.6) is 0 Å². The number of fused-ring (bicyclic) bond motifs is 5. The van der Waals surface area contributed by atoms with Crippen molar-refractivity contribution in [2.45, 2.75) is 14.1 Å². The van der Waals surface area contributed by atoms with Gasteiger partial charge in [-0.25, -0.2) is 9.88 Å². The van der Waals surface area contributed by atoms with E-state index in [-0.39, 0.29) is 15.2 Å². The quantitative estimate of drug-likeness (QED) is 0.476. The van der Waals surface area contributed by atoms with E-state index < -0.39 is 37.7 Å². The van der Waals surface area contributed by atoms with Crippen LogP contribution in [0.3, 0.4) is 0 Å². The molecule has 0 aromatic carbocycles. The third-order valence-electron chi connectivity index (χ3n) is 4.52. The molecule has 4 unspecified atom stereocenters. The van der Waals surface area contributed by atoms with Gasteiger partial charge in [0.2, 0.25) is 11.8 Å². The summed E-state index contributed by atoms with van der Waals surface area (Å²) in [5, 5.41) is 1.64. The van der Waals surface area contributed by atoms with Crippen LogP contribution in [0.2, 0.25) is 0 Å². The molecule has 122 valence electrons. The van der Waals surface area contributed by atoms with E-state index in [0.29, 0.717) is 0 Å². The highest BCUT2D eigenvalue weighted by molar-refractivity contribution is 7.14. The van der Waals surface area contributed by atoms with E-state index in [1.807, 2.05) is 0 Å². The predicted molar refractivity (Wildman–Crippen MR) is 91.9 cm³/mol. The van der Waals surface area contributed by atoms with E-state index in [9.17, 15) is 9.59 Å². The summed E-state index contributed by atoms with van der Waals surface area (Å²) in [7, 11) is 0. The lowest BCUT2D eigenvalue weighted by molar-refractivity contribution is -0.123. The summed E-state index contributed by atoms with van der Waals surface area (Å²) in [6.45, 7) is 0. The number of allylic oxidation sites excluding steroid dienone is 2. The van der Waals surface area contributed by atoms with Gasteiger partial charge in [-0.3, -0.25) is 9.59 Å². The number of carbonyl (C=O) groups is 2. The third-order valence-corrected chi connectivity index (χ3v) is 9.53. The average Bonchev–Trinajstić information content (AvgIpc) is 3.14. The Hall–Kier alpha value is 0.250. The Kier molecular flexibility index (Phi) is 3.41. The number of rotatable bonds is 1. The number of hydrogen-bond acceptors (Lipinski definition) is 4. The van der Waals surface area contributed by atoms with E-state index in [1.165, 1.54) is 6.20 Å². The molecule has 1 aromatic heterocycles. The fourth-order valence-corrected chi connectivity index (χ4v) is 7.09. The molecular weight excluding hydrogens is 449 g/mol. The molecule has 1 aromatic rings. The van der Waals surface area contributed by atoms with Crippen molar-refractivity contribution in [1.82, 2.24) is 4.98 Å². The number of hydrogen-bond donors (Lipinski definition) is 0. The molecule has 2 heterocycles. The average molecular weight is 453 g/mol. The van der Waals surface area contributed by atoms with Crippen molar-refractivity contribution >= 4 is 97.9 Å². The molecule has 2 bridgehead atoms.